The topological polar surface area (TPSA) is 35.9 Å². The third kappa shape index (κ3) is 10.9. The van der Waals surface area contributed by atoms with Crippen molar-refractivity contribution in [2.45, 2.75) is 92.3 Å². The summed E-state index contributed by atoms with van der Waals surface area (Å²) in [5, 5.41) is 1.86. The van der Waals surface area contributed by atoms with E-state index < -0.39 is 125 Å². The average Bonchev–Trinajstić information content (AvgIpc) is 1.51. The Morgan fingerprint density at radius 1 is 0.500 bits per heavy atom. The molecule has 0 saturated carbocycles. The summed E-state index contributed by atoms with van der Waals surface area (Å²) in [6, 6.07) is 37.9. The van der Waals surface area contributed by atoms with E-state index in [1.807, 2.05) is 59.2 Å². The standard InChI is InChI=1S/C80H70N4O.Pt/c1-52-23-20-24-53(2)76(52)56-35-38-72-74(46-56)82(64-29-21-30-65(49-64)85-66-36-37-70-69-31-18-19-34-71(69)84(73(70)50-66)75-48-61(39-40-81-75)78(3,4)5)51-83(72)77-67(32-22-33-68(77)60-44-62(79(6,7)8)47-63(45-60)80(9,10)11)59-42-57(54-25-14-12-15-26-54)41-58(43-59)55-27-16-13-17-28-55;/h12-48H,1-11H3;/q-2;/i1D3,2D3,12D,13D,14D,15D,16D,17D,25D,26D,27D,28D,41D,42D,43D;. The normalized spacial score (nSPS) is 15.5. The van der Waals surface area contributed by atoms with E-state index in [1.54, 1.807) is 69.9 Å². The van der Waals surface area contributed by atoms with Gasteiger partial charge >= 0.3 is 0 Å². The van der Waals surface area contributed by atoms with E-state index >= 15 is 0 Å². The van der Waals surface area contributed by atoms with Gasteiger partial charge in [0.2, 0.25) is 0 Å². The molecule has 10 aromatic carbocycles. The molecule has 3 heterocycles. The first-order chi connectivity index (χ1) is 48.7. The van der Waals surface area contributed by atoms with Crippen LogP contribution in [0.5, 0.6) is 11.5 Å². The van der Waals surface area contributed by atoms with Gasteiger partial charge < -0.3 is 13.9 Å². The molecule has 0 amide bonds. The number of nitrogens with zero attached hydrogens (tertiary/aromatic N) is 4. The maximum atomic E-state index is 10.5. The molecule has 6 heteroatoms. The van der Waals surface area contributed by atoms with Crippen LogP contribution in [-0.2, 0) is 37.3 Å². The van der Waals surface area contributed by atoms with Gasteiger partial charge in [0.1, 0.15) is 5.82 Å². The number of hydrogen-bond acceptors (Lipinski definition) is 2. The third-order valence-electron chi connectivity index (χ3n) is 15.4. The number of pyridine rings is 1. The Balaban J connectivity index is 0.0000104. The van der Waals surface area contributed by atoms with Gasteiger partial charge in [0.25, 0.3) is 6.33 Å². The smallest absolute Gasteiger partial charge is 0.268 e. The fourth-order valence-corrected chi connectivity index (χ4v) is 10.9. The van der Waals surface area contributed by atoms with Gasteiger partial charge in [-0.25, -0.2) is 4.98 Å². The van der Waals surface area contributed by atoms with Crippen LogP contribution in [0, 0.1) is 32.2 Å². The van der Waals surface area contributed by atoms with Crippen molar-refractivity contribution < 1.29 is 56.4 Å². The summed E-state index contributed by atoms with van der Waals surface area (Å²) in [5.41, 5.74) is 2.29. The van der Waals surface area contributed by atoms with Crippen LogP contribution in [0.1, 0.15) is 116 Å². The van der Waals surface area contributed by atoms with Crippen molar-refractivity contribution in [1.82, 2.24) is 14.1 Å². The van der Waals surface area contributed by atoms with Gasteiger partial charge in [0.15, 0.2) is 0 Å². The summed E-state index contributed by atoms with van der Waals surface area (Å²) in [5.74, 6) is 1.19. The molecule has 3 aromatic heterocycles. The van der Waals surface area contributed by atoms with E-state index in [1.165, 1.54) is 18.2 Å². The molecule has 0 unspecified atom stereocenters. The molecule has 86 heavy (non-hydrogen) atoms. The fraction of sp³-hybridized carbons (Fsp3) is 0.175. The van der Waals surface area contributed by atoms with E-state index in [0.717, 1.165) is 33.0 Å². The minimum atomic E-state index is -2.82. The maximum Gasteiger partial charge on any atom is 0.268 e. The molecule has 0 aliphatic rings. The summed E-state index contributed by atoms with van der Waals surface area (Å²) in [6.07, 6.45) is 5.37. The van der Waals surface area contributed by atoms with Crippen LogP contribution in [0.4, 0.5) is 0 Å². The molecule has 13 rings (SSSR count). The van der Waals surface area contributed by atoms with Crippen LogP contribution in [0.25, 0.3) is 106 Å². The van der Waals surface area contributed by atoms with Crippen molar-refractivity contribution in [3.63, 3.8) is 0 Å². The van der Waals surface area contributed by atoms with Gasteiger partial charge in [-0.1, -0.05) is 213 Å². The Kier molecular flexibility index (Phi) is 10.2. The first-order valence-corrected chi connectivity index (χ1v) is 28.0. The van der Waals surface area contributed by atoms with Gasteiger partial charge in [-0.2, -0.15) is 18.2 Å². The van der Waals surface area contributed by atoms with Gasteiger partial charge in [-0.3, -0.25) is 4.57 Å². The SMILES string of the molecule is [2H]c1c([2H])c([2H])c(-c2c([2H])c(-c3cccc(-c4cc(C(C)(C)C)cc(C(C)(C)C)c4)c3-[n+]3[c-]n(-c4[c-]c(Oc5[c-]c6c(cc5)c5ccccc5n6-c5cc(C(C)(C)C)ccn5)ccc4)c4cc(-c5c(C([2H])([2H])[2H])cccc5C([2H])([2H])[2H])ccc43)c([2H])c(-c3c([2H])c([2H])c([2H])c([2H])c3[2H])c2[2H])c([2H])c1[2H].[Pt]. The zero-order valence-electron chi connectivity index (χ0n) is 67.9. The number of hydrogen-bond donors (Lipinski definition) is 0. The number of aryl methyl sites for hydroxylation is 2. The third-order valence-corrected chi connectivity index (χ3v) is 15.4. The Hall–Kier alpha value is -8.89. The minimum Gasteiger partial charge on any atom is -0.510 e. The maximum absolute atomic E-state index is 10.5. The van der Waals surface area contributed by atoms with E-state index in [2.05, 4.69) is 92.9 Å². The van der Waals surface area contributed by atoms with Crippen LogP contribution in [0.2, 0.25) is 0 Å². The number of para-hydroxylation sites is 2. The first-order valence-electron chi connectivity index (χ1n) is 37.5. The summed E-state index contributed by atoms with van der Waals surface area (Å²) >= 11 is 0. The second-order valence-corrected chi connectivity index (χ2v) is 24.3. The molecule has 0 bridgehead atoms. The van der Waals surface area contributed by atoms with Crippen molar-refractivity contribution >= 4 is 32.8 Å². The molecule has 0 aliphatic heterocycles. The summed E-state index contributed by atoms with van der Waals surface area (Å²) in [4.78, 5) is 4.85. The molecule has 0 radical (unpaired) electrons. The fourth-order valence-electron chi connectivity index (χ4n) is 10.9. The van der Waals surface area contributed by atoms with Gasteiger partial charge in [-0.05, 0) is 167 Å². The molecule has 0 fully saturated rings. The van der Waals surface area contributed by atoms with Crippen LogP contribution < -0.4 is 9.30 Å². The Morgan fingerprint density at radius 3 is 1.76 bits per heavy atom. The quantitative estimate of drug-likeness (QED) is 0.101. The zero-order valence-corrected chi connectivity index (χ0v) is 51.1. The first kappa shape index (κ1) is 38.9. The number of benzene rings is 10. The number of fused-ring (bicyclic) bond motifs is 4. The Bertz CT molecular complexity index is 5540. The van der Waals surface area contributed by atoms with Crippen LogP contribution in [0.3, 0.4) is 0 Å². The van der Waals surface area contributed by atoms with Crippen molar-refractivity contribution in [3.8, 4) is 84.3 Å². The molecule has 0 spiro atoms. The van der Waals surface area contributed by atoms with E-state index in [0.29, 0.717) is 33.7 Å². The Morgan fingerprint density at radius 2 is 1.10 bits per heavy atom. The van der Waals surface area contributed by atoms with Crippen molar-refractivity contribution in [3.05, 3.63) is 271 Å². The molecule has 0 atom stereocenters. The second kappa shape index (κ2) is 22.5. The molecule has 428 valence electrons. The van der Waals surface area contributed by atoms with Crippen LogP contribution >= 0.6 is 0 Å². The summed E-state index contributed by atoms with van der Waals surface area (Å²) in [6.45, 7) is 13.2. The largest absolute Gasteiger partial charge is 0.510 e. The molecule has 0 aliphatic carbocycles. The molecule has 13 aromatic rings. The predicted molar refractivity (Wildman–Crippen MR) is 353 cm³/mol. The molecular weight excluding hydrogens is 1230 g/mol. The predicted octanol–water partition coefficient (Wildman–Crippen LogP) is 20.4. The van der Waals surface area contributed by atoms with Crippen molar-refractivity contribution in [2.75, 3.05) is 0 Å². The van der Waals surface area contributed by atoms with E-state index in [-0.39, 0.29) is 82.5 Å². The van der Waals surface area contributed by atoms with E-state index in [4.69, 9.17) is 26.2 Å². The zero-order chi connectivity index (χ0) is 75.3. The summed E-state index contributed by atoms with van der Waals surface area (Å²) in [7, 11) is 0. The minimum absolute atomic E-state index is 0. The van der Waals surface area contributed by atoms with Gasteiger partial charge in [0, 0.05) is 52.5 Å². The molecule has 5 nitrogen and oxygen atoms in total. The van der Waals surface area contributed by atoms with Crippen LogP contribution in [0.15, 0.2) is 224 Å². The molecule has 0 saturated heterocycles. The second-order valence-electron chi connectivity index (χ2n) is 24.3. The van der Waals surface area contributed by atoms with Crippen molar-refractivity contribution in [2.24, 2.45) is 0 Å². The van der Waals surface area contributed by atoms with E-state index in [9.17, 15) is 9.60 Å². The Labute approximate surface area is 548 Å². The number of ether oxygens (including phenoxy) is 1. The summed E-state index contributed by atoms with van der Waals surface area (Å²) < 4.78 is 186. The average molecular weight is 1320 g/mol. The van der Waals surface area contributed by atoms with Gasteiger partial charge in [-0.15, -0.1) is 29.7 Å². The molecular formula is C80H70N4OPt-2. The van der Waals surface area contributed by atoms with Crippen molar-refractivity contribution in [1.29, 1.82) is 0 Å². The number of imidazole rings is 1. The van der Waals surface area contributed by atoms with Gasteiger partial charge in [0.05, 0.1) is 34.5 Å². The number of aromatic nitrogens is 4. The van der Waals surface area contributed by atoms with Crippen LogP contribution in [-0.4, -0.2) is 14.1 Å². The molecule has 0 N–H and O–H groups in total. The number of rotatable bonds is 10. The monoisotopic (exact) mass is 1320 g/mol.